The summed E-state index contributed by atoms with van der Waals surface area (Å²) in [7, 11) is 1.62. The van der Waals surface area contributed by atoms with E-state index in [-0.39, 0.29) is 18.0 Å². The summed E-state index contributed by atoms with van der Waals surface area (Å²) in [4.78, 5) is 22.5. The van der Waals surface area contributed by atoms with Gasteiger partial charge in [-0.15, -0.1) is 11.3 Å². The van der Waals surface area contributed by atoms with Crippen LogP contribution >= 0.6 is 22.9 Å². The first kappa shape index (κ1) is 22.8. The van der Waals surface area contributed by atoms with Gasteiger partial charge in [0.25, 0.3) is 5.91 Å². The number of hydrogen-bond donors (Lipinski definition) is 2. The summed E-state index contributed by atoms with van der Waals surface area (Å²) in [6.07, 6.45) is 5.45. The van der Waals surface area contributed by atoms with Crippen LogP contribution in [0.25, 0.3) is 16.7 Å². The second-order valence-corrected chi connectivity index (χ2v) is 9.67. The van der Waals surface area contributed by atoms with Crippen molar-refractivity contribution in [3.8, 4) is 5.69 Å². The molecule has 1 aliphatic rings. The molecule has 0 atom stereocenters. The molecule has 0 saturated heterocycles. The van der Waals surface area contributed by atoms with Gasteiger partial charge in [0, 0.05) is 19.2 Å². The quantitative estimate of drug-likeness (QED) is 0.380. The minimum atomic E-state index is 0.0140. The van der Waals surface area contributed by atoms with Crippen molar-refractivity contribution in [1.82, 2.24) is 25.1 Å². The molecule has 3 aromatic heterocycles. The minimum Gasteiger partial charge on any atom is -0.377 e. The maximum atomic E-state index is 12.4. The number of rotatable bonds is 7. The summed E-state index contributed by atoms with van der Waals surface area (Å²) in [5.41, 5.74) is 1.43. The van der Waals surface area contributed by atoms with Crippen molar-refractivity contribution in [1.29, 1.82) is 0 Å². The van der Waals surface area contributed by atoms with Crippen molar-refractivity contribution < 1.29 is 9.53 Å². The number of nitrogens with zero attached hydrogens (tertiary/aromatic N) is 4. The summed E-state index contributed by atoms with van der Waals surface area (Å²) in [6.45, 7) is 0.291. The predicted octanol–water partition coefficient (Wildman–Crippen LogP) is 4.83. The highest BCUT2D eigenvalue weighted by Gasteiger charge is 2.25. The second-order valence-electron chi connectivity index (χ2n) is 8.31. The third-order valence-corrected chi connectivity index (χ3v) is 7.17. The van der Waals surface area contributed by atoms with Crippen LogP contribution in [0.5, 0.6) is 0 Å². The third-order valence-electron chi connectivity index (χ3n) is 5.98. The van der Waals surface area contributed by atoms with Gasteiger partial charge in [0.1, 0.15) is 12.4 Å². The average molecular weight is 497 g/mol. The predicted molar refractivity (Wildman–Crippen MR) is 134 cm³/mol. The van der Waals surface area contributed by atoms with E-state index in [1.165, 1.54) is 11.3 Å². The normalized spacial score (nSPS) is 18.2. The lowest BCUT2D eigenvalue weighted by atomic mass is 9.91. The van der Waals surface area contributed by atoms with Crippen LogP contribution < -0.4 is 10.6 Å². The van der Waals surface area contributed by atoms with E-state index in [9.17, 15) is 4.79 Å². The number of anilines is 1. The van der Waals surface area contributed by atoms with Gasteiger partial charge in [0.15, 0.2) is 11.5 Å². The van der Waals surface area contributed by atoms with E-state index >= 15 is 0 Å². The highest BCUT2D eigenvalue weighted by atomic mass is 35.5. The van der Waals surface area contributed by atoms with E-state index < -0.39 is 0 Å². The molecule has 8 nitrogen and oxygen atoms in total. The Labute approximate surface area is 206 Å². The third kappa shape index (κ3) is 4.77. The number of aromatic nitrogens is 4. The first-order chi connectivity index (χ1) is 16.6. The molecule has 1 aromatic carbocycles. The van der Waals surface area contributed by atoms with Crippen LogP contribution in [0.2, 0.25) is 5.02 Å². The molecule has 0 aliphatic heterocycles. The molecule has 1 aliphatic carbocycles. The fourth-order valence-corrected chi connectivity index (χ4v) is 5.14. The van der Waals surface area contributed by atoms with Gasteiger partial charge in [-0.1, -0.05) is 29.8 Å². The Morgan fingerprint density at radius 2 is 1.94 bits per heavy atom. The molecule has 1 fully saturated rings. The van der Waals surface area contributed by atoms with Crippen molar-refractivity contribution in [3.63, 3.8) is 0 Å². The molecule has 4 aromatic rings. The van der Waals surface area contributed by atoms with Gasteiger partial charge in [-0.3, -0.25) is 4.79 Å². The monoisotopic (exact) mass is 496 g/mol. The topological polar surface area (TPSA) is 94.0 Å². The molecule has 0 radical (unpaired) electrons. The van der Waals surface area contributed by atoms with Crippen molar-refractivity contribution in [2.24, 2.45) is 0 Å². The summed E-state index contributed by atoms with van der Waals surface area (Å²) in [5, 5.41) is 14.7. The zero-order chi connectivity index (χ0) is 23.5. The van der Waals surface area contributed by atoms with Crippen molar-refractivity contribution in [3.05, 3.63) is 63.7 Å². The number of hydrogen-bond acceptors (Lipinski definition) is 7. The van der Waals surface area contributed by atoms with Crippen LogP contribution in [-0.4, -0.2) is 44.8 Å². The van der Waals surface area contributed by atoms with Gasteiger partial charge in [-0.2, -0.15) is 5.10 Å². The summed E-state index contributed by atoms with van der Waals surface area (Å²) in [5.74, 6) is 1.32. The molecule has 0 bridgehead atoms. The van der Waals surface area contributed by atoms with Gasteiger partial charge in [-0.05, 0) is 49.3 Å². The average Bonchev–Trinajstić information content (AvgIpc) is 3.52. The van der Waals surface area contributed by atoms with E-state index in [1.807, 2.05) is 41.8 Å². The largest absolute Gasteiger partial charge is 0.377 e. The Hall–Kier alpha value is -3.01. The van der Waals surface area contributed by atoms with Crippen LogP contribution in [0.1, 0.15) is 41.2 Å². The van der Waals surface area contributed by atoms with Gasteiger partial charge < -0.3 is 15.4 Å². The molecule has 2 N–H and O–H groups in total. The number of carbonyl (C=O) groups is 1. The Kier molecular flexibility index (Phi) is 6.75. The van der Waals surface area contributed by atoms with E-state index in [2.05, 4.69) is 20.7 Å². The number of fused-ring (bicyclic) bond motifs is 1. The molecule has 1 saturated carbocycles. The number of amides is 1. The lowest BCUT2D eigenvalue weighted by Gasteiger charge is -2.30. The maximum Gasteiger partial charge on any atom is 0.261 e. The smallest absolute Gasteiger partial charge is 0.261 e. The molecule has 1 amide bonds. The standard InChI is InChI=1S/C24H25ClN6O2S/c1-33-14-21-29-22(17-13-26-31(23(17)30-21)19-6-3-2-5-18(19)25)27-15-8-10-16(11-9-15)28-24(32)20-7-4-12-34-20/h2-7,12-13,15-16H,8-11,14H2,1H3,(H,28,32)(H,27,29,30). The fourth-order valence-electron chi connectivity index (χ4n) is 4.30. The molecular weight excluding hydrogens is 472 g/mol. The number of carbonyl (C=O) groups excluding carboxylic acids is 1. The van der Waals surface area contributed by atoms with Crippen LogP contribution in [0.4, 0.5) is 5.82 Å². The minimum absolute atomic E-state index is 0.0140. The van der Waals surface area contributed by atoms with Crippen molar-refractivity contribution >= 4 is 45.7 Å². The first-order valence-electron chi connectivity index (χ1n) is 11.2. The zero-order valence-electron chi connectivity index (χ0n) is 18.7. The van der Waals surface area contributed by atoms with E-state index in [0.29, 0.717) is 23.1 Å². The van der Waals surface area contributed by atoms with Gasteiger partial charge in [0.2, 0.25) is 0 Å². The van der Waals surface area contributed by atoms with E-state index in [1.54, 1.807) is 18.0 Å². The molecule has 176 valence electrons. The molecule has 10 heteroatoms. The van der Waals surface area contributed by atoms with Gasteiger partial charge >= 0.3 is 0 Å². The first-order valence-corrected chi connectivity index (χ1v) is 12.5. The molecule has 0 unspecified atom stereocenters. The number of thiophene rings is 1. The molecular formula is C24H25ClN6O2S. The van der Waals surface area contributed by atoms with Crippen molar-refractivity contribution in [2.45, 2.75) is 44.4 Å². The molecule has 34 heavy (non-hydrogen) atoms. The lowest BCUT2D eigenvalue weighted by molar-refractivity contribution is 0.0930. The number of halogens is 1. The number of para-hydroxylation sites is 1. The lowest BCUT2D eigenvalue weighted by Crippen LogP contribution is -2.40. The van der Waals surface area contributed by atoms with E-state index in [0.717, 1.165) is 47.5 Å². The SMILES string of the molecule is COCc1nc(NC2CCC(NC(=O)c3cccs3)CC2)c2cnn(-c3ccccc3Cl)c2n1. The zero-order valence-corrected chi connectivity index (χ0v) is 20.3. The van der Waals surface area contributed by atoms with E-state index in [4.69, 9.17) is 21.3 Å². The van der Waals surface area contributed by atoms with Gasteiger partial charge in [0.05, 0.1) is 27.2 Å². The number of methoxy groups -OCH3 is 1. The summed E-state index contributed by atoms with van der Waals surface area (Å²) in [6, 6.07) is 11.7. The highest BCUT2D eigenvalue weighted by molar-refractivity contribution is 7.12. The van der Waals surface area contributed by atoms with Crippen LogP contribution in [0, 0.1) is 0 Å². The summed E-state index contributed by atoms with van der Waals surface area (Å²) < 4.78 is 7.04. The number of benzene rings is 1. The Bertz CT molecular complexity index is 1280. The van der Waals surface area contributed by atoms with Crippen LogP contribution in [0.3, 0.4) is 0 Å². The maximum absolute atomic E-state index is 12.4. The summed E-state index contributed by atoms with van der Waals surface area (Å²) >= 11 is 7.89. The van der Waals surface area contributed by atoms with Crippen LogP contribution in [0.15, 0.2) is 48.0 Å². The number of ether oxygens (including phenoxy) is 1. The molecule has 5 rings (SSSR count). The van der Waals surface area contributed by atoms with Crippen LogP contribution in [-0.2, 0) is 11.3 Å². The highest BCUT2D eigenvalue weighted by Crippen LogP contribution is 2.29. The number of nitrogens with one attached hydrogen (secondary N) is 2. The molecule has 0 spiro atoms. The van der Waals surface area contributed by atoms with Crippen molar-refractivity contribution in [2.75, 3.05) is 12.4 Å². The fraction of sp³-hybridized carbons (Fsp3) is 0.333. The Balaban J connectivity index is 1.34. The Morgan fingerprint density at radius 3 is 2.68 bits per heavy atom. The second kappa shape index (κ2) is 10.1. The molecule has 3 heterocycles. The Morgan fingerprint density at radius 1 is 1.15 bits per heavy atom. The van der Waals surface area contributed by atoms with Gasteiger partial charge in [-0.25, -0.2) is 14.6 Å².